The lowest BCUT2D eigenvalue weighted by atomic mass is 10.1. The molecule has 0 amide bonds. The highest BCUT2D eigenvalue weighted by atomic mass is 79.9. The third-order valence-electron chi connectivity index (χ3n) is 3.66. The van der Waals surface area contributed by atoms with E-state index in [4.69, 9.17) is 0 Å². The Morgan fingerprint density at radius 3 is 2.36 bits per heavy atom. The minimum Gasteiger partial charge on any atom is -0.477 e. The van der Waals surface area contributed by atoms with Crippen molar-refractivity contribution in [1.82, 2.24) is 0 Å². The molecule has 0 fully saturated rings. The summed E-state index contributed by atoms with van der Waals surface area (Å²) in [5.41, 5.74) is 0.705. The number of aromatic carboxylic acids is 1. The van der Waals surface area contributed by atoms with Gasteiger partial charge in [-0.1, -0.05) is 45.1 Å². The van der Waals surface area contributed by atoms with Gasteiger partial charge in [0.05, 0.1) is 15.6 Å². The Hall–Kier alpha value is -1.11. The van der Waals surface area contributed by atoms with Gasteiger partial charge in [0.25, 0.3) is 0 Å². The third-order valence-corrected chi connectivity index (χ3v) is 5.27. The van der Waals surface area contributed by atoms with Crippen molar-refractivity contribution in [2.75, 3.05) is 11.4 Å². The van der Waals surface area contributed by atoms with Crippen LogP contribution >= 0.6 is 27.3 Å². The van der Waals surface area contributed by atoms with Crippen molar-refractivity contribution in [3.63, 3.8) is 0 Å². The standard InChI is InChI=1S/C19H28BrNO3S/c1-12(2)6-7-13(3)11-21(14(4)8-9-15(5)22)16-10-17(20)25-18(16)19(23)24/h6-10,12-15,22H,11H2,1-5H3,(H,23,24)/b7-6+,9-8+. The third kappa shape index (κ3) is 7.34. The number of carboxylic acids is 1. The molecular formula is C19H28BrNO3S. The highest BCUT2D eigenvalue weighted by Gasteiger charge is 2.23. The Morgan fingerprint density at radius 1 is 1.20 bits per heavy atom. The Kier molecular flexibility index (Phi) is 8.89. The average Bonchev–Trinajstić information content (AvgIpc) is 2.90. The first kappa shape index (κ1) is 21.9. The van der Waals surface area contributed by atoms with Gasteiger partial charge < -0.3 is 15.1 Å². The molecule has 1 aromatic rings. The van der Waals surface area contributed by atoms with Crippen molar-refractivity contribution < 1.29 is 15.0 Å². The number of carboxylic acid groups (broad SMARTS) is 1. The average molecular weight is 430 g/mol. The predicted octanol–water partition coefficient (Wildman–Crippen LogP) is 5.19. The zero-order valence-electron chi connectivity index (χ0n) is 15.4. The van der Waals surface area contributed by atoms with Crippen LogP contribution in [0.4, 0.5) is 5.69 Å². The molecule has 0 saturated heterocycles. The van der Waals surface area contributed by atoms with Gasteiger partial charge in [-0.15, -0.1) is 11.3 Å². The summed E-state index contributed by atoms with van der Waals surface area (Å²) < 4.78 is 0.794. The van der Waals surface area contributed by atoms with Gasteiger partial charge in [0.15, 0.2) is 0 Å². The van der Waals surface area contributed by atoms with Crippen LogP contribution in [0.2, 0.25) is 0 Å². The number of hydrogen-bond acceptors (Lipinski definition) is 4. The maximum Gasteiger partial charge on any atom is 0.348 e. The van der Waals surface area contributed by atoms with E-state index in [-0.39, 0.29) is 12.0 Å². The Labute approximate surface area is 163 Å². The van der Waals surface area contributed by atoms with Gasteiger partial charge in [-0.25, -0.2) is 4.79 Å². The lowest BCUT2D eigenvalue weighted by Gasteiger charge is -2.31. The molecule has 0 radical (unpaired) electrons. The van der Waals surface area contributed by atoms with Crippen LogP contribution in [-0.4, -0.2) is 34.9 Å². The molecule has 2 N–H and O–H groups in total. The molecule has 0 saturated carbocycles. The van der Waals surface area contributed by atoms with E-state index in [0.29, 0.717) is 23.0 Å². The van der Waals surface area contributed by atoms with Crippen molar-refractivity contribution in [2.24, 2.45) is 11.8 Å². The van der Waals surface area contributed by atoms with E-state index >= 15 is 0 Å². The highest BCUT2D eigenvalue weighted by molar-refractivity contribution is 9.11. The van der Waals surface area contributed by atoms with E-state index < -0.39 is 12.1 Å². The zero-order chi connectivity index (χ0) is 19.1. The molecule has 1 heterocycles. The molecule has 25 heavy (non-hydrogen) atoms. The minimum absolute atomic E-state index is 0.0379. The number of rotatable bonds is 9. The minimum atomic E-state index is -0.923. The topological polar surface area (TPSA) is 60.8 Å². The summed E-state index contributed by atoms with van der Waals surface area (Å²) >= 11 is 4.63. The maximum atomic E-state index is 11.6. The van der Waals surface area contributed by atoms with Crippen LogP contribution in [0.15, 0.2) is 34.2 Å². The molecule has 0 aromatic carbocycles. The van der Waals surface area contributed by atoms with Crippen LogP contribution in [0.5, 0.6) is 0 Å². The van der Waals surface area contributed by atoms with Crippen molar-refractivity contribution in [2.45, 2.75) is 46.8 Å². The van der Waals surface area contributed by atoms with E-state index in [9.17, 15) is 15.0 Å². The normalized spacial score (nSPS) is 15.8. The fraction of sp³-hybridized carbons (Fsp3) is 0.526. The second-order valence-electron chi connectivity index (χ2n) is 6.69. The predicted molar refractivity (Wildman–Crippen MR) is 110 cm³/mol. The lowest BCUT2D eigenvalue weighted by molar-refractivity contribution is 0.0702. The quantitative estimate of drug-likeness (QED) is 0.530. The summed E-state index contributed by atoms with van der Waals surface area (Å²) in [5.74, 6) is -0.175. The first-order valence-corrected chi connectivity index (χ1v) is 10.1. The fourth-order valence-electron chi connectivity index (χ4n) is 2.41. The van der Waals surface area contributed by atoms with Crippen molar-refractivity contribution >= 4 is 38.9 Å². The van der Waals surface area contributed by atoms with E-state index in [1.165, 1.54) is 11.3 Å². The second-order valence-corrected chi connectivity index (χ2v) is 9.13. The molecule has 140 valence electrons. The van der Waals surface area contributed by atoms with Gasteiger partial charge in [0, 0.05) is 12.6 Å². The molecule has 0 aliphatic rings. The SMILES string of the molecule is CC(C)/C=C/C(C)CN(c1cc(Br)sc1C(=O)O)C(C)/C=C/C(C)O. The first-order valence-electron chi connectivity index (χ1n) is 8.45. The smallest absolute Gasteiger partial charge is 0.348 e. The van der Waals surface area contributed by atoms with E-state index in [0.717, 1.165) is 3.79 Å². The maximum absolute atomic E-state index is 11.6. The summed E-state index contributed by atoms with van der Waals surface area (Å²) in [6.45, 7) is 10.8. The molecular weight excluding hydrogens is 402 g/mol. The number of halogens is 1. The van der Waals surface area contributed by atoms with Crippen LogP contribution in [0.1, 0.15) is 44.3 Å². The van der Waals surface area contributed by atoms with Crippen LogP contribution in [0.3, 0.4) is 0 Å². The van der Waals surface area contributed by atoms with Gasteiger partial charge >= 0.3 is 5.97 Å². The van der Waals surface area contributed by atoms with Crippen LogP contribution in [-0.2, 0) is 0 Å². The number of anilines is 1. The van der Waals surface area contributed by atoms with E-state index in [1.807, 2.05) is 19.1 Å². The molecule has 4 nitrogen and oxygen atoms in total. The number of aliphatic hydroxyl groups excluding tert-OH is 1. The number of aliphatic hydroxyl groups is 1. The number of hydrogen-bond donors (Lipinski definition) is 2. The van der Waals surface area contributed by atoms with Crippen LogP contribution < -0.4 is 4.90 Å². The Balaban J connectivity index is 3.17. The summed E-state index contributed by atoms with van der Waals surface area (Å²) in [7, 11) is 0. The fourth-order valence-corrected chi connectivity index (χ4v) is 3.85. The molecule has 1 rings (SSSR count). The molecule has 0 aliphatic carbocycles. The Morgan fingerprint density at radius 2 is 1.84 bits per heavy atom. The Bertz CT molecular complexity index is 622. The van der Waals surface area contributed by atoms with Crippen LogP contribution in [0, 0.1) is 11.8 Å². The molecule has 3 atom stereocenters. The summed E-state index contributed by atoms with van der Waals surface area (Å²) in [4.78, 5) is 14.0. The van der Waals surface area contributed by atoms with Crippen molar-refractivity contribution in [3.05, 3.63) is 39.0 Å². The van der Waals surface area contributed by atoms with Crippen LogP contribution in [0.25, 0.3) is 0 Å². The number of thiophene rings is 1. The van der Waals surface area contributed by atoms with Crippen molar-refractivity contribution in [3.8, 4) is 0 Å². The molecule has 6 heteroatoms. The number of nitrogens with zero attached hydrogens (tertiary/aromatic N) is 1. The number of carbonyl (C=O) groups is 1. The van der Waals surface area contributed by atoms with Gasteiger partial charge in [0.2, 0.25) is 0 Å². The molecule has 3 unspecified atom stereocenters. The first-order chi connectivity index (χ1) is 11.6. The van der Waals surface area contributed by atoms with Gasteiger partial charge in [0.1, 0.15) is 4.88 Å². The molecule has 0 bridgehead atoms. The largest absolute Gasteiger partial charge is 0.477 e. The monoisotopic (exact) mass is 429 g/mol. The molecule has 0 spiro atoms. The zero-order valence-corrected chi connectivity index (χ0v) is 17.8. The van der Waals surface area contributed by atoms with Crippen molar-refractivity contribution in [1.29, 1.82) is 0 Å². The van der Waals surface area contributed by atoms with E-state index in [2.05, 4.69) is 53.8 Å². The highest BCUT2D eigenvalue weighted by Crippen LogP contribution is 2.35. The lowest BCUT2D eigenvalue weighted by Crippen LogP contribution is -2.36. The summed E-state index contributed by atoms with van der Waals surface area (Å²) in [6, 6.07) is 1.82. The van der Waals surface area contributed by atoms with Gasteiger partial charge in [-0.2, -0.15) is 0 Å². The summed E-state index contributed by atoms with van der Waals surface area (Å²) in [6.07, 6.45) is 7.45. The van der Waals surface area contributed by atoms with E-state index in [1.54, 1.807) is 13.0 Å². The second kappa shape index (κ2) is 10.1. The molecule has 1 aromatic heterocycles. The van der Waals surface area contributed by atoms with Gasteiger partial charge in [-0.3, -0.25) is 0 Å². The van der Waals surface area contributed by atoms with Gasteiger partial charge in [-0.05, 0) is 47.7 Å². The number of allylic oxidation sites excluding steroid dienone is 1. The summed E-state index contributed by atoms with van der Waals surface area (Å²) in [5, 5.41) is 19.0. The molecule has 0 aliphatic heterocycles.